The largest absolute Gasteiger partial charge is 0.348 e. The summed E-state index contributed by atoms with van der Waals surface area (Å²) < 4.78 is 0.874. The number of hydrogen-bond donors (Lipinski definition) is 2. The first-order valence-corrected chi connectivity index (χ1v) is 5.96. The lowest BCUT2D eigenvalue weighted by molar-refractivity contribution is 0.0940. The Labute approximate surface area is 108 Å². The van der Waals surface area contributed by atoms with Crippen LogP contribution >= 0.6 is 34.2 Å². The molecule has 1 atom stereocenters. The number of benzene rings is 1. The van der Waals surface area contributed by atoms with Gasteiger partial charge in [-0.15, -0.1) is 0 Å². The van der Waals surface area contributed by atoms with Crippen molar-refractivity contribution in [2.75, 3.05) is 6.54 Å². The summed E-state index contributed by atoms with van der Waals surface area (Å²) in [6, 6.07) is 5.19. The fourth-order valence-electron chi connectivity index (χ4n) is 1.03. The van der Waals surface area contributed by atoms with Gasteiger partial charge < -0.3 is 11.1 Å². The molecule has 0 aliphatic carbocycles. The molecule has 5 heteroatoms. The molecule has 3 nitrogen and oxygen atoms in total. The fraction of sp³-hybridized carbons (Fsp3) is 0.300. The quantitative estimate of drug-likeness (QED) is 0.829. The van der Waals surface area contributed by atoms with Crippen LogP contribution in [0.3, 0.4) is 0 Å². The summed E-state index contributed by atoms with van der Waals surface area (Å²) in [6.07, 6.45) is 0. The number of hydrogen-bond acceptors (Lipinski definition) is 2. The van der Waals surface area contributed by atoms with Gasteiger partial charge in [-0.3, -0.25) is 4.79 Å². The summed E-state index contributed by atoms with van der Waals surface area (Å²) in [5.41, 5.74) is 6.01. The molecule has 0 saturated carbocycles. The number of carbonyl (C=O) groups excluding carboxylic acids is 1. The van der Waals surface area contributed by atoms with E-state index in [9.17, 15) is 4.79 Å². The van der Waals surface area contributed by atoms with E-state index in [4.69, 9.17) is 17.3 Å². The molecule has 0 radical (unpaired) electrons. The van der Waals surface area contributed by atoms with Crippen molar-refractivity contribution in [3.05, 3.63) is 32.4 Å². The van der Waals surface area contributed by atoms with Crippen molar-refractivity contribution in [3.8, 4) is 0 Å². The predicted octanol–water partition coefficient (Wildman–Crippen LogP) is 2.02. The van der Waals surface area contributed by atoms with Crippen molar-refractivity contribution in [1.82, 2.24) is 5.32 Å². The average Bonchev–Trinajstić information content (AvgIpc) is 2.21. The van der Waals surface area contributed by atoms with Gasteiger partial charge in [0.25, 0.3) is 5.91 Å². The Bertz CT molecular complexity index is 370. The molecule has 0 aliphatic rings. The Kier molecular flexibility index (Phi) is 4.82. The van der Waals surface area contributed by atoms with E-state index >= 15 is 0 Å². The fourth-order valence-corrected chi connectivity index (χ4v) is 1.78. The van der Waals surface area contributed by atoms with E-state index in [2.05, 4.69) is 27.9 Å². The second-order valence-corrected chi connectivity index (χ2v) is 4.83. The van der Waals surface area contributed by atoms with Crippen molar-refractivity contribution >= 4 is 40.1 Å². The minimum Gasteiger partial charge on any atom is -0.348 e. The zero-order valence-corrected chi connectivity index (χ0v) is 11.2. The molecule has 1 aromatic rings. The molecule has 0 unspecified atom stereocenters. The Balaban J connectivity index is 2.86. The highest BCUT2D eigenvalue weighted by atomic mass is 127. The van der Waals surface area contributed by atoms with Gasteiger partial charge >= 0.3 is 0 Å². The first kappa shape index (κ1) is 12.7. The molecule has 1 aromatic carbocycles. The molecule has 15 heavy (non-hydrogen) atoms. The summed E-state index contributed by atoms with van der Waals surface area (Å²) in [5, 5.41) is 3.34. The second-order valence-electron chi connectivity index (χ2n) is 3.23. The normalized spacial score (nSPS) is 12.3. The number of carbonyl (C=O) groups is 1. The molecule has 1 amide bonds. The average molecular weight is 339 g/mol. The number of amides is 1. The lowest BCUT2D eigenvalue weighted by Gasteiger charge is -2.12. The topological polar surface area (TPSA) is 55.1 Å². The van der Waals surface area contributed by atoms with E-state index < -0.39 is 0 Å². The maximum Gasteiger partial charge on any atom is 0.252 e. The lowest BCUT2D eigenvalue weighted by atomic mass is 10.2. The number of nitrogens with one attached hydrogen (secondary N) is 1. The molecular formula is C10H12ClIN2O. The molecule has 82 valence electrons. The molecule has 3 N–H and O–H groups in total. The number of nitrogens with two attached hydrogens (primary N) is 1. The first-order chi connectivity index (χ1) is 7.04. The predicted molar refractivity (Wildman–Crippen MR) is 70.2 cm³/mol. The monoisotopic (exact) mass is 338 g/mol. The highest BCUT2D eigenvalue weighted by molar-refractivity contribution is 14.1. The highest BCUT2D eigenvalue weighted by Gasteiger charge is 2.12. The Morgan fingerprint density at radius 1 is 1.67 bits per heavy atom. The van der Waals surface area contributed by atoms with Crippen LogP contribution in [0.5, 0.6) is 0 Å². The third-order valence-corrected chi connectivity index (χ3v) is 3.08. The van der Waals surface area contributed by atoms with E-state index in [1.165, 1.54) is 0 Å². The van der Waals surface area contributed by atoms with Gasteiger partial charge in [-0.1, -0.05) is 11.6 Å². The second kappa shape index (κ2) is 5.67. The summed E-state index contributed by atoms with van der Waals surface area (Å²) >= 11 is 7.92. The van der Waals surface area contributed by atoms with Crippen LogP contribution < -0.4 is 11.1 Å². The van der Waals surface area contributed by atoms with Crippen LogP contribution in [0.15, 0.2) is 18.2 Å². The minimum atomic E-state index is -0.139. The highest BCUT2D eigenvalue weighted by Crippen LogP contribution is 2.17. The van der Waals surface area contributed by atoms with Crippen LogP contribution in [-0.2, 0) is 0 Å². The van der Waals surface area contributed by atoms with Crippen LogP contribution in [0.4, 0.5) is 0 Å². The minimum absolute atomic E-state index is 0.0349. The third-order valence-electron chi connectivity index (χ3n) is 1.90. The molecule has 0 aromatic heterocycles. The van der Waals surface area contributed by atoms with Gasteiger partial charge in [-0.25, -0.2) is 0 Å². The van der Waals surface area contributed by atoms with Gasteiger partial charge in [0.15, 0.2) is 0 Å². The van der Waals surface area contributed by atoms with Crippen LogP contribution in [0.25, 0.3) is 0 Å². The molecule has 0 heterocycles. The SMILES string of the molecule is C[C@@H](CN)NC(=O)c1cc(Cl)ccc1I. The maximum absolute atomic E-state index is 11.8. The molecule has 0 saturated heterocycles. The van der Waals surface area contributed by atoms with Gasteiger partial charge in [-0.05, 0) is 47.7 Å². The third kappa shape index (κ3) is 3.62. The molecule has 0 spiro atoms. The van der Waals surface area contributed by atoms with Gasteiger partial charge in [0.05, 0.1) is 5.56 Å². The van der Waals surface area contributed by atoms with E-state index in [-0.39, 0.29) is 11.9 Å². The van der Waals surface area contributed by atoms with Crippen molar-refractivity contribution in [3.63, 3.8) is 0 Å². The molecule has 1 rings (SSSR count). The summed E-state index contributed by atoms with van der Waals surface area (Å²) in [6.45, 7) is 2.28. The van der Waals surface area contributed by atoms with Crippen LogP contribution in [0.2, 0.25) is 5.02 Å². The van der Waals surface area contributed by atoms with Crippen molar-refractivity contribution < 1.29 is 4.79 Å². The maximum atomic E-state index is 11.8. The van der Waals surface area contributed by atoms with Gasteiger partial charge in [0, 0.05) is 21.2 Å². The number of rotatable bonds is 3. The van der Waals surface area contributed by atoms with Crippen molar-refractivity contribution in [1.29, 1.82) is 0 Å². The molecule has 0 bridgehead atoms. The van der Waals surface area contributed by atoms with E-state index in [0.29, 0.717) is 17.1 Å². The summed E-state index contributed by atoms with van der Waals surface area (Å²) in [7, 11) is 0. The van der Waals surface area contributed by atoms with Gasteiger partial charge in [0.2, 0.25) is 0 Å². The zero-order valence-electron chi connectivity index (χ0n) is 8.26. The molecule has 0 fully saturated rings. The molecule has 0 aliphatic heterocycles. The summed E-state index contributed by atoms with van der Waals surface area (Å²) in [5.74, 6) is -0.139. The zero-order chi connectivity index (χ0) is 11.4. The van der Waals surface area contributed by atoms with Gasteiger partial charge in [-0.2, -0.15) is 0 Å². The van der Waals surface area contributed by atoms with Crippen LogP contribution in [-0.4, -0.2) is 18.5 Å². The Morgan fingerprint density at radius 2 is 2.33 bits per heavy atom. The van der Waals surface area contributed by atoms with Gasteiger partial charge in [0.1, 0.15) is 0 Å². The molecular weight excluding hydrogens is 326 g/mol. The smallest absolute Gasteiger partial charge is 0.252 e. The van der Waals surface area contributed by atoms with Crippen molar-refractivity contribution in [2.45, 2.75) is 13.0 Å². The standard InChI is InChI=1S/C10H12ClIN2O/c1-6(5-13)14-10(15)8-4-7(11)2-3-9(8)12/h2-4,6H,5,13H2,1H3,(H,14,15)/t6-/m0/s1. The Hall–Kier alpha value is -0.330. The van der Waals surface area contributed by atoms with Crippen LogP contribution in [0, 0.1) is 3.57 Å². The Morgan fingerprint density at radius 3 is 2.93 bits per heavy atom. The summed E-state index contributed by atoms with van der Waals surface area (Å²) in [4.78, 5) is 11.8. The van der Waals surface area contributed by atoms with Crippen LogP contribution in [0.1, 0.15) is 17.3 Å². The van der Waals surface area contributed by atoms with E-state index in [1.807, 2.05) is 13.0 Å². The number of halogens is 2. The van der Waals surface area contributed by atoms with Crippen molar-refractivity contribution in [2.24, 2.45) is 5.73 Å². The first-order valence-electron chi connectivity index (χ1n) is 4.50. The van der Waals surface area contributed by atoms with E-state index in [1.54, 1.807) is 12.1 Å². The van der Waals surface area contributed by atoms with E-state index in [0.717, 1.165) is 3.57 Å². The lowest BCUT2D eigenvalue weighted by Crippen LogP contribution is -2.38.